The van der Waals surface area contributed by atoms with Gasteiger partial charge in [-0.2, -0.15) is 0 Å². The van der Waals surface area contributed by atoms with Crippen molar-refractivity contribution in [3.63, 3.8) is 0 Å². The first-order valence-corrected chi connectivity index (χ1v) is 25.9. The third-order valence-corrected chi connectivity index (χ3v) is 15.4. The lowest BCUT2D eigenvalue weighted by Gasteiger charge is -2.31. The van der Waals surface area contributed by atoms with Crippen LogP contribution in [0.25, 0.3) is 145 Å². The van der Waals surface area contributed by atoms with E-state index in [1.54, 1.807) is 0 Å². The van der Waals surface area contributed by atoms with E-state index in [4.69, 9.17) is 22.1 Å². The maximum atomic E-state index is 8.65. The van der Waals surface area contributed by atoms with Crippen molar-refractivity contribution in [3.05, 3.63) is 184 Å². The highest BCUT2D eigenvalue weighted by Crippen LogP contribution is 2.47. The Hall–Kier alpha value is -8.39. The first kappa shape index (κ1) is 46.7. The van der Waals surface area contributed by atoms with Crippen molar-refractivity contribution in [2.24, 2.45) is 20.5 Å². The average molecular weight is 1010 g/mol. The molecule has 360 valence electrons. The summed E-state index contributed by atoms with van der Waals surface area (Å²) in [7, 11) is 0. The fraction of sp³-hybridized carbons (Fsp3) is 0.232. The number of fused-ring (bicyclic) bond motifs is 4. The van der Waals surface area contributed by atoms with E-state index in [0.29, 0.717) is 39.3 Å². The molecule has 1 aromatic heterocycles. The van der Waals surface area contributed by atoms with Crippen LogP contribution in [-0.2, 0) is 61.6 Å². The van der Waals surface area contributed by atoms with Gasteiger partial charge in [-0.25, -0.2) is 4.57 Å². The second kappa shape index (κ2) is 19.6. The molecule has 16 nitrogen and oxygen atoms in total. The molecule has 0 radical (unpaired) electrons. The van der Waals surface area contributed by atoms with Crippen LogP contribution in [0.5, 0.6) is 0 Å². The van der Waals surface area contributed by atoms with E-state index in [1.807, 2.05) is 0 Å². The van der Waals surface area contributed by atoms with Crippen LogP contribution >= 0.6 is 0 Å². The van der Waals surface area contributed by atoms with Crippen molar-refractivity contribution in [1.82, 2.24) is 14.7 Å². The second-order valence-electron chi connectivity index (χ2n) is 19.3. The highest BCUT2D eigenvalue weighted by Gasteiger charge is 2.26. The van der Waals surface area contributed by atoms with Gasteiger partial charge >= 0.3 is 0 Å². The number of pyridine rings is 1. The van der Waals surface area contributed by atoms with Crippen molar-refractivity contribution in [2.45, 2.75) is 39.3 Å². The number of hydrogen-bond donors (Lipinski definition) is 0. The minimum atomic E-state index is 0.429. The van der Waals surface area contributed by atoms with Crippen LogP contribution in [0, 0.1) is 0 Å². The van der Waals surface area contributed by atoms with Gasteiger partial charge in [0.25, 0.3) is 0 Å². The molecule has 0 atom stereocenters. The molecular weight excluding hydrogens is 961 g/mol. The first-order valence-electron chi connectivity index (χ1n) is 24.6. The summed E-state index contributed by atoms with van der Waals surface area (Å²) in [6.07, 6.45) is 6.50. The van der Waals surface area contributed by atoms with E-state index in [1.165, 1.54) is 130 Å². The molecule has 74 heavy (non-hydrogen) atoms. The lowest BCUT2D eigenvalue weighted by Crippen LogP contribution is -2.34. The quantitative estimate of drug-likeness (QED) is 0.0291. The molecule has 4 heterocycles. The monoisotopic (exact) mass is 1010 g/mol. The van der Waals surface area contributed by atoms with E-state index in [-0.39, 0.29) is 0 Å². The average Bonchev–Trinajstić information content (AvgIpc) is 3.46. The van der Waals surface area contributed by atoms with E-state index >= 15 is 0 Å². The first-order chi connectivity index (χ1) is 36.5. The number of rotatable bonds is 12. The van der Waals surface area contributed by atoms with Crippen molar-refractivity contribution < 1.29 is 4.57 Å². The molecule has 0 spiro atoms. The van der Waals surface area contributed by atoms with Crippen molar-refractivity contribution in [3.8, 4) is 0 Å². The van der Waals surface area contributed by atoms with Gasteiger partial charge in [-0.15, -0.1) is 0 Å². The van der Waals surface area contributed by atoms with Gasteiger partial charge in [0.1, 0.15) is 0 Å². The summed E-state index contributed by atoms with van der Waals surface area (Å²) in [6, 6.07) is 36.4. The molecule has 10 aromatic carbocycles. The molecule has 0 amide bonds. The molecule has 0 saturated heterocycles. The molecule has 0 bridgehead atoms. The zero-order valence-corrected chi connectivity index (χ0v) is 41.8. The predicted octanol–water partition coefficient (Wildman–Crippen LogP) is 13.1. The fourth-order valence-corrected chi connectivity index (χ4v) is 12.6. The van der Waals surface area contributed by atoms with Crippen LogP contribution < -0.4 is 9.79 Å². The van der Waals surface area contributed by atoms with E-state index in [9.17, 15) is 0 Å². The normalized spacial score (nSPS) is 13.9. The summed E-state index contributed by atoms with van der Waals surface area (Å²) < 4.78 is 2.11. The number of aromatic nitrogens is 1. The van der Waals surface area contributed by atoms with E-state index < -0.39 is 0 Å². The molecule has 3 aliphatic heterocycles. The second-order valence-corrected chi connectivity index (χ2v) is 19.3. The van der Waals surface area contributed by atoms with Gasteiger partial charge in [0, 0.05) is 136 Å². The summed E-state index contributed by atoms with van der Waals surface area (Å²) in [5.74, 6) is 0. The summed E-state index contributed by atoms with van der Waals surface area (Å²) in [6.45, 7) is 9.07. The van der Waals surface area contributed by atoms with Crippen molar-refractivity contribution in [2.75, 3.05) is 45.8 Å². The van der Waals surface area contributed by atoms with Crippen LogP contribution in [0.1, 0.15) is 27.8 Å². The van der Waals surface area contributed by atoms with E-state index in [2.05, 4.69) is 197 Å². The number of nitrogens with zero attached hydrogens (tertiary/aromatic N) is 16. The van der Waals surface area contributed by atoms with Gasteiger partial charge in [-0.1, -0.05) is 105 Å². The Morgan fingerprint density at radius 1 is 0.392 bits per heavy atom. The Kier molecular flexibility index (Phi) is 12.3. The van der Waals surface area contributed by atoms with Crippen molar-refractivity contribution in [1.29, 1.82) is 0 Å². The SMILES string of the molecule is S=S.[N-]=[N+]=NCCN1C=c2ccc3c4ccc5c[n+](CCN=[N+]=[N-])cc6ccc(c7ccc(c2c73)C1)c4c65.[N-]=[N+]=NCCN1Cc2ccc3c4ccc5c6c(ccc(c7ccc(c2c37)C1)c64)CN(CCN=[N+]=[N-])C5. The molecule has 3 aliphatic rings. The zero-order chi connectivity index (χ0) is 50.5. The molecule has 0 saturated carbocycles. The lowest BCUT2D eigenvalue weighted by atomic mass is 9.83. The Morgan fingerprint density at radius 3 is 1.18 bits per heavy atom. The summed E-state index contributed by atoms with van der Waals surface area (Å²) in [5.41, 5.74) is 41.3. The van der Waals surface area contributed by atoms with Crippen LogP contribution in [0.15, 0.2) is 130 Å². The summed E-state index contributed by atoms with van der Waals surface area (Å²) in [4.78, 5) is 18.5. The lowest BCUT2D eigenvalue weighted by molar-refractivity contribution is -0.692. The standard InChI is InChI=1S/C28H24N8.C28H21N8.S2/c2*29-33-31-9-11-35-13-17-1-5-21-22-6-3-19-15-36(12-10-32-34-30)16-20-4-8-24(28(22)26(19)20)23-7-2-18(14-35)25(17)27(21)23;1-2/h1-8H,9-16H2;1-8,13-15H,9-12,16H2;/q;+1;. The fourth-order valence-electron chi connectivity index (χ4n) is 12.6. The Labute approximate surface area is 432 Å². The minimum Gasteiger partial charge on any atom is -0.372 e. The number of benzene rings is 10. The number of hydrogen-bond acceptors (Lipinski definition) is 9. The molecule has 11 aromatic rings. The van der Waals surface area contributed by atoms with Gasteiger partial charge in [0.15, 0.2) is 18.9 Å². The van der Waals surface area contributed by atoms with Gasteiger partial charge in [-0.05, 0) is 148 Å². The number of azide groups is 4. The van der Waals surface area contributed by atoms with Crippen LogP contribution in [0.2, 0.25) is 0 Å². The van der Waals surface area contributed by atoms with Gasteiger partial charge < -0.3 is 4.90 Å². The smallest absolute Gasteiger partial charge is 0.176 e. The highest BCUT2D eigenvalue weighted by atomic mass is 32.8. The summed E-state index contributed by atoms with van der Waals surface area (Å²) in [5, 5.41) is 39.7. The van der Waals surface area contributed by atoms with Crippen LogP contribution in [0.4, 0.5) is 0 Å². The van der Waals surface area contributed by atoms with Crippen molar-refractivity contribution >= 4 is 126 Å². The zero-order valence-electron chi connectivity index (χ0n) is 40.1. The Balaban J connectivity index is 0.000000145. The topological polar surface area (TPSA) is 209 Å². The van der Waals surface area contributed by atoms with Gasteiger partial charge in [0.2, 0.25) is 0 Å². The summed E-state index contributed by atoms with van der Waals surface area (Å²) >= 11 is 7.33. The van der Waals surface area contributed by atoms with Gasteiger partial charge in [0.05, 0.1) is 6.54 Å². The molecule has 14 rings (SSSR count). The third kappa shape index (κ3) is 7.73. The largest absolute Gasteiger partial charge is 0.372 e. The van der Waals surface area contributed by atoms with Crippen LogP contribution in [-0.4, -0.2) is 60.5 Å². The predicted molar refractivity (Wildman–Crippen MR) is 302 cm³/mol. The van der Waals surface area contributed by atoms with E-state index in [0.717, 1.165) is 45.8 Å². The molecule has 18 heteroatoms. The molecule has 0 fully saturated rings. The Bertz CT molecular complexity index is 4060. The Morgan fingerprint density at radius 2 is 0.743 bits per heavy atom. The van der Waals surface area contributed by atoms with Crippen LogP contribution in [0.3, 0.4) is 0 Å². The minimum absolute atomic E-state index is 0.429. The van der Waals surface area contributed by atoms with Gasteiger partial charge in [-0.3, -0.25) is 9.80 Å². The maximum absolute atomic E-state index is 8.65. The molecule has 0 aliphatic carbocycles. The molecule has 0 N–H and O–H groups in total. The highest BCUT2D eigenvalue weighted by molar-refractivity contribution is 8.07. The third-order valence-electron chi connectivity index (χ3n) is 15.4. The molecule has 0 unspecified atom stereocenters. The maximum Gasteiger partial charge on any atom is 0.176 e. The molecular formula is C56H45N16S2+.